The lowest BCUT2D eigenvalue weighted by atomic mass is 10.1. The summed E-state index contributed by atoms with van der Waals surface area (Å²) in [4.78, 5) is 47.2. The second-order valence-electron chi connectivity index (χ2n) is 7.40. The summed E-state index contributed by atoms with van der Waals surface area (Å²) >= 11 is 0. The van der Waals surface area contributed by atoms with Crippen molar-refractivity contribution in [3.63, 3.8) is 0 Å². The number of nitrogens with one attached hydrogen (secondary N) is 2. The Labute approximate surface area is 195 Å². The van der Waals surface area contributed by atoms with E-state index in [-0.39, 0.29) is 25.3 Å². The van der Waals surface area contributed by atoms with Crippen LogP contribution in [0.5, 0.6) is 0 Å². The summed E-state index contributed by atoms with van der Waals surface area (Å²) in [5.74, 6) is -0.662. The van der Waals surface area contributed by atoms with E-state index in [1.807, 2.05) is 18.2 Å². The zero-order chi connectivity index (χ0) is 25.6. The average Bonchev–Trinajstić information content (AvgIpc) is 2.81. The fraction of sp³-hybridized carbons (Fsp3) is 0.227. The Kier molecular flexibility index (Phi) is 7.69. The number of hydrogen-bond donors (Lipinski definition) is 2. The SMILES string of the molecule is O=C(Cn1c(=O)ccn(Cc2ccccc2)c1=O)NCCNc1ccc(C(F)(F)F)cc1[N+](=O)[O-]. The first-order valence-electron chi connectivity index (χ1n) is 10.3. The molecule has 0 unspecified atom stereocenters. The lowest BCUT2D eigenvalue weighted by Crippen LogP contribution is -2.43. The summed E-state index contributed by atoms with van der Waals surface area (Å²) in [5, 5.41) is 16.2. The van der Waals surface area contributed by atoms with Gasteiger partial charge in [-0.25, -0.2) is 4.79 Å². The fourth-order valence-corrected chi connectivity index (χ4v) is 3.21. The molecule has 0 aliphatic carbocycles. The van der Waals surface area contributed by atoms with E-state index in [0.29, 0.717) is 12.1 Å². The number of rotatable bonds is 9. The van der Waals surface area contributed by atoms with Crippen LogP contribution in [-0.2, 0) is 24.1 Å². The number of carbonyl (C=O) groups is 1. The van der Waals surface area contributed by atoms with Crippen LogP contribution in [0.3, 0.4) is 0 Å². The topological polar surface area (TPSA) is 128 Å². The number of benzene rings is 2. The summed E-state index contributed by atoms with van der Waals surface area (Å²) in [6.45, 7) is -0.470. The maximum atomic E-state index is 12.8. The first kappa shape index (κ1) is 25.2. The molecule has 35 heavy (non-hydrogen) atoms. The lowest BCUT2D eigenvalue weighted by molar-refractivity contribution is -0.384. The van der Waals surface area contributed by atoms with Gasteiger partial charge in [0, 0.05) is 31.4 Å². The van der Waals surface area contributed by atoms with E-state index in [0.717, 1.165) is 16.2 Å². The van der Waals surface area contributed by atoms with Gasteiger partial charge in [-0.1, -0.05) is 30.3 Å². The van der Waals surface area contributed by atoms with Crippen molar-refractivity contribution in [2.75, 3.05) is 18.4 Å². The van der Waals surface area contributed by atoms with Crippen molar-refractivity contribution in [2.45, 2.75) is 19.3 Å². The largest absolute Gasteiger partial charge is 0.416 e. The Morgan fingerprint density at radius 1 is 1.03 bits per heavy atom. The highest BCUT2D eigenvalue weighted by Gasteiger charge is 2.33. The molecule has 13 heteroatoms. The molecule has 0 spiro atoms. The summed E-state index contributed by atoms with van der Waals surface area (Å²) in [7, 11) is 0. The highest BCUT2D eigenvalue weighted by molar-refractivity contribution is 5.75. The molecular weight excluding hydrogens is 471 g/mol. The Morgan fingerprint density at radius 2 is 1.74 bits per heavy atom. The standard InChI is InChI=1S/C22H20F3N5O5/c23-22(24,25)16-6-7-17(18(12-16)30(34)35)26-9-10-27-19(31)14-29-20(32)8-11-28(21(29)33)13-15-4-2-1-3-5-15/h1-8,11-12,26H,9-10,13-14H2,(H,27,31). The zero-order valence-electron chi connectivity index (χ0n) is 18.1. The second-order valence-corrected chi connectivity index (χ2v) is 7.40. The third kappa shape index (κ3) is 6.56. The van der Waals surface area contributed by atoms with Crippen molar-refractivity contribution in [1.82, 2.24) is 14.5 Å². The van der Waals surface area contributed by atoms with Gasteiger partial charge in [0.25, 0.3) is 11.2 Å². The van der Waals surface area contributed by atoms with Crippen LogP contribution >= 0.6 is 0 Å². The second kappa shape index (κ2) is 10.7. The number of aromatic nitrogens is 2. The van der Waals surface area contributed by atoms with Crippen molar-refractivity contribution in [3.8, 4) is 0 Å². The molecule has 2 N–H and O–H groups in total. The van der Waals surface area contributed by atoms with Crippen LogP contribution in [0.15, 0.2) is 70.4 Å². The quantitative estimate of drug-likeness (QED) is 0.268. The molecule has 0 fully saturated rings. The van der Waals surface area contributed by atoms with Crippen molar-refractivity contribution < 1.29 is 22.9 Å². The van der Waals surface area contributed by atoms with Gasteiger partial charge in [-0.2, -0.15) is 13.2 Å². The molecule has 0 aliphatic rings. The van der Waals surface area contributed by atoms with Crippen LogP contribution in [0.25, 0.3) is 0 Å². The van der Waals surface area contributed by atoms with E-state index in [1.54, 1.807) is 12.1 Å². The molecule has 1 aromatic heterocycles. The number of alkyl halides is 3. The van der Waals surface area contributed by atoms with Gasteiger partial charge >= 0.3 is 11.9 Å². The number of amides is 1. The predicted molar refractivity (Wildman–Crippen MR) is 120 cm³/mol. The molecule has 10 nitrogen and oxygen atoms in total. The van der Waals surface area contributed by atoms with Gasteiger partial charge in [0.1, 0.15) is 12.2 Å². The van der Waals surface area contributed by atoms with Crippen LogP contribution in [0.4, 0.5) is 24.5 Å². The van der Waals surface area contributed by atoms with Crippen LogP contribution in [0, 0.1) is 10.1 Å². The van der Waals surface area contributed by atoms with Gasteiger partial charge in [-0.15, -0.1) is 0 Å². The van der Waals surface area contributed by atoms with Gasteiger partial charge < -0.3 is 10.6 Å². The van der Waals surface area contributed by atoms with Crippen molar-refractivity contribution in [3.05, 3.63) is 103 Å². The van der Waals surface area contributed by atoms with Crippen LogP contribution in [0.2, 0.25) is 0 Å². The molecule has 3 aromatic rings. The number of nitro benzene ring substituents is 1. The number of halogens is 3. The first-order chi connectivity index (χ1) is 16.6. The molecule has 2 aromatic carbocycles. The van der Waals surface area contributed by atoms with Crippen LogP contribution in [0.1, 0.15) is 11.1 Å². The lowest BCUT2D eigenvalue weighted by Gasteiger charge is -2.12. The molecule has 3 rings (SSSR count). The van der Waals surface area contributed by atoms with E-state index < -0.39 is 46.1 Å². The molecule has 1 heterocycles. The molecule has 0 bridgehead atoms. The average molecular weight is 491 g/mol. The van der Waals surface area contributed by atoms with E-state index in [2.05, 4.69) is 10.6 Å². The number of hydrogen-bond acceptors (Lipinski definition) is 6. The normalized spacial score (nSPS) is 11.2. The first-order valence-corrected chi connectivity index (χ1v) is 10.3. The Morgan fingerprint density at radius 3 is 2.40 bits per heavy atom. The maximum Gasteiger partial charge on any atom is 0.416 e. The minimum absolute atomic E-state index is 0.0557. The summed E-state index contributed by atoms with van der Waals surface area (Å²) in [5.41, 5.74) is -2.58. The van der Waals surface area contributed by atoms with E-state index in [1.165, 1.54) is 16.8 Å². The molecule has 0 saturated heterocycles. The van der Waals surface area contributed by atoms with E-state index in [4.69, 9.17) is 0 Å². The summed E-state index contributed by atoms with van der Waals surface area (Å²) < 4.78 is 40.4. The third-order valence-electron chi connectivity index (χ3n) is 4.92. The van der Waals surface area contributed by atoms with Gasteiger partial charge in [0.05, 0.1) is 17.0 Å². The molecule has 0 radical (unpaired) electrons. The smallest absolute Gasteiger partial charge is 0.378 e. The molecule has 184 valence electrons. The Balaban J connectivity index is 1.60. The van der Waals surface area contributed by atoms with Crippen molar-refractivity contribution in [1.29, 1.82) is 0 Å². The number of anilines is 1. The molecular formula is C22H20F3N5O5. The van der Waals surface area contributed by atoms with Crippen LogP contribution < -0.4 is 21.9 Å². The molecule has 0 atom stereocenters. The highest BCUT2D eigenvalue weighted by atomic mass is 19.4. The number of nitro groups is 1. The highest BCUT2D eigenvalue weighted by Crippen LogP contribution is 2.34. The van der Waals surface area contributed by atoms with Crippen LogP contribution in [-0.4, -0.2) is 33.1 Å². The Bertz CT molecular complexity index is 1340. The van der Waals surface area contributed by atoms with Gasteiger partial charge in [-0.05, 0) is 17.7 Å². The summed E-state index contributed by atoms with van der Waals surface area (Å²) in [6, 6.07) is 12.3. The van der Waals surface area contributed by atoms with Crippen molar-refractivity contribution >= 4 is 17.3 Å². The zero-order valence-corrected chi connectivity index (χ0v) is 18.1. The minimum atomic E-state index is -4.73. The Hall–Kier alpha value is -4.42. The monoisotopic (exact) mass is 491 g/mol. The molecule has 1 amide bonds. The van der Waals surface area contributed by atoms with Gasteiger partial charge in [0.15, 0.2) is 0 Å². The fourth-order valence-electron chi connectivity index (χ4n) is 3.21. The van der Waals surface area contributed by atoms with E-state index in [9.17, 15) is 37.7 Å². The molecule has 0 aliphatic heterocycles. The van der Waals surface area contributed by atoms with Crippen molar-refractivity contribution in [2.24, 2.45) is 0 Å². The summed E-state index contributed by atoms with van der Waals surface area (Å²) in [6.07, 6.45) is -3.39. The minimum Gasteiger partial charge on any atom is -0.378 e. The van der Waals surface area contributed by atoms with Gasteiger partial charge in [-0.3, -0.25) is 28.8 Å². The molecule has 0 saturated carbocycles. The third-order valence-corrected chi connectivity index (χ3v) is 4.92. The van der Waals surface area contributed by atoms with E-state index >= 15 is 0 Å². The number of nitrogens with zero attached hydrogens (tertiary/aromatic N) is 3. The predicted octanol–water partition coefficient (Wildman–Crippen LogP) is 2.21. The number of carbonyl (C=O) groups excluding carboxylic acids is 1. The maximum absolute atomic E-state index is 12.8. The van der Waals surface area contributed by atoms with Gasteiger partial charge in [0.2, 0.25) is 5.91 Å².